The molecule has 5 heteroatoms. The van der Waals surface area contributed by atoms with Gasteiger partial charge in [-0.15, -0.1) is 10.2 Å². The molecule has 2 heterocycles. The van der Waals surface area contributed by atoms with Gasteiger partial charge in [0.2, 0.25) is 0 Å². The van der Waals surface area contributed by atoms with E-state index in [4.69, 9.17) is 0 Å². The normalized spacial score (nSPS) is 15.4. The van der Waals surface area contributed by atoms with E-state index in [0.717, 1.165) is 17.8 Å². The molecule has 0 spiro atoms. The van der Waals surface area contributed by atoms with Crippen LogP contribution in [0.15, 0.2) is 18.7 Å². The van der Waals surface area contributed by atoms with Gasteiger partial charge in [0.25, 0.3) is 0 Å². The molecule has 0 radical (unpaired) electrons. The highest BCUT2D eigenvalue weighted by atomic mass is 79.9. The minimum Gasteiger partial charge on any atom is -0.286 e. The molecule has 0 saturated carbocycles. The molecule has 80 valence electrons. The molecule has 0 fully saturated rings. The summed E-state index contributed by atoms with van der Waals surface area (Å²) in [5.74, 6) is 0.373. The van der Waals surface area contributed by atoms with Crippen LogP contribution >= 0.6 is 15.9 Å². The summed E-state index contributed by atoms with van der Waals surface area (Å²) in [7, 11) is 0. The van der Waals surface area contributed by atoms with Gasteiger partial charge in [-0.3, -0.25) is 9.38 Å². The van der Waals surface area contributed by atoms with Crippen LogP contribution in [0.25, 0.3) is 5.65 Å². The first-order chi connectivity index (χ1) is 7.24. The van der Waals surface area contributed by atoms with Crippen molar-refractivity contribution in [2.24, 2.45) is 0 Å². The van der Waals surface area contributed by atoms with E-state index in [2.05, 4.69) is 45.0 Å². The molecule has 0 bridgehead atoms. The van der Waals surface area contributed by atoms with Gasteiger partial charge in [0.1, 0.15) is 6.33 Å². The molecule has 2 rings (SSSR count). The third-order valence-corrected chi connectivity index (χ3v) is 3.23. The third-order valence-electron chi connectivity index (χ3n) is 2.59. The van der Waals surface area contributed by atoms with Crippen molar-refractivity contribution in [3.8, 4) is 0 Å². The molecule has 4 nitrogen and oxygen atoms in total. The maximum atomic E-state index is 4.42. The Bertz CT molecular complexity index is 451. The molecule has 0 amide bonds. The van der Waals surface area contributed by atoms with Crippen LogP contribution in [0.1, 0.15) is 31.9 Å². The molecule has 0 saturated heterocycles. The molecule has 2 atom stereocenters. The first-order valence-corrected chi connectivity index (χ1v) is 5.94. The lowest BCUT2D eigenvalue weighted by Crippen LogP contribution is -2.11. The highest BCUT2D eigenvalue weighted by Crippen LogP contribution is 2.28. The van der Waals surface area contributed by atoms with Crippen molar-refractivity contribution in [1.82, 2.24) is 19.6 Å². The monoisotopic (exact) mass is 268 g/mol. The van der Waals surface area contributed by atoms with Gasteiger partial charge in [-0.25, -0.2) is 0 Å². The minimum atomic E-state index is 0.373. The summed E-state index contributed by atoms with van der Waals surface area (Å²) in [6.45, 7) is 4.29. The van der Waals surface area contributed by atoms with E-state index in [-0.39, 0.29) is 0 Å². The number of aromatic nitrogens is 4. The minimum absolute atomic E-state index is 0.373. The largest absolute Gasteiger partial charge is 0.286 e. The maximum Gasteiger partial charge on any atom is 0.182 e. The Balaban J connectivity index is 2.54. The van der Waals surface area contributed by atoms with Crippen molar-refractivity contribution in [2.75, 3.05) is 0 Å². The number of nitrogens with zero attached hydrogens (tertiary/aromatic N) is 4. The number of fused-ring (bicyclic) bond motifs is 1. The SMILES string of the molecule is CCC(c1nccn2cnnc12)C(C)Br. The molecular formula is C10H13BrN4. The summed E-state index contributed by atoms with van der Waals surface area (Å²) in [4.78, 5) is 4.81. The standard InChI is InChI=1S/C10H13BrN4/c1-3-8(7(2)11)9-10-14-13-6-15(10)5-4-12-9/h4-8H,3H2,1-2H3. The molecule has 0 aliphatic rings. The fourth-order valence-electron chi connectivity index (χ4n) is 1.78. The van der Waals surface area contributed by atoms with Crippen molar-refractivity contribution in [3.05, 3.63) is 24.4 Å². The van der Waals surface area contributed by atoms with Crippen molar-refractivity contribution in [3.63, 3.8) is 0 Å². The van der Waals surface area contributed by atoms with Crippen molar-refractivity contribution < 1.29 is 0 Å². The Hall–Kier alpha value is -0.970. The highest BCUT2D eigenvalue weighted by Gasteiger charge is 2.20. The predicted molar refractivity (Wildman–Crippen MR) is 62.2 cm³/mol. The fraction of sp³-hybridized carbons (Fsp3) is 0.500. The molecule has 2 aromatic rings. The Morgan fingerprint density at radius 1 is 1.53 bits per heavy atom. The van der Waals surface area contributed by atoms with E-state index in [9.17, 15) is 0 Å². The Kier molecular flexibility index (Phi) is 3.00. The molecule has 0 aliphatic heterocycles. The molecule has 0 N–H and O–H groups in total. The molecule has 0 aromatic carbocycles. The van der Waals surface area contributed by atoms with Crippen molar-refractivity contribution in [1.29, 1.82) is 0 Å². The average Bonchev–Trinajstić information content (AvgIpc) is 2.66. The second kappa shape index (κ2) is 4.26. The van der Waals surface area contributed by atoms with E-state index >= 15 is 0 Å². The number of hydrogen-bond donors (Lipinski definition) is 0. The average molecular weight is 269 g/mol. The molecule has 0 aliphatic carbocycles. The maximum absolute atomic E-state index is 4.42. The zero-order valence-electron chi connectivity index (χ0n) is 8.76. The summed E-state index contributed by atoms with van der Waals surface area (Å²) in [5, 5.41) is 8.00. The second-order valence-electron chi connectivity index (χ2n) is 3.57. The molecule has 2 unspecified atom stereocenters. The van der Waals surface area contributed by atoms with Crippen LogP contribution in [0.2, 0.25) is 0 Å². The summed E-state index contributed by atoms with van der Waals surface area (Å²) in [5.41, 5.74) is 1.87. The lowest BCUT2D eigenvalue weighted by Gasteiger charge is -2.16. The van der Waals surface area contributed by atoms with Gasteiger partial charge in [0.15, 0.2) is 5.65 Å². The zero-order valence-corrected chi connectivity index (χ0v) is 10.3. The lowest BCUT2D eigenvalue weighted by molar-refractivity contribution is 0.643. The van der Waals surface area contributed by atoms with Gasteiger partial charge in [-0.05, 0) is 6.42 Å². The van der Waals surface area contributed by atoms with E-state index < -0.39 is 0 Å². The molecule has 2 aromatic heterocycles. The Morgan fingerprint density at radius 2 is 2.33 bits per heavy atom. The quantitative estimate of drug-likeness (QED) is 0.803. The topological polar surface area (TPSA) is 43.1 Å². The van der Waals surface area contributed by atoms with Crippen LogP contribution < -0.4 is 0 Å². The summed E-state index contributed by atoms with van der Waals surface area (Å²) < 4.78 is 1.90. The van der Waals surface area contributed by atoms with Crippen LogP contribution in [-0.4, -0.2) is 24.4 Å². The number of hydrogen-bond acceptors (Lipinski definition) is 3. The van der Waals surface area contributed by atoms with Gasteiger partial charge < -0.3 is 0 Å². The predicted octanol–water partition coefficient (Wildman–Crippen LogP) is 2.40. The van der Waals surface area contributed by atoms with Gasteiger partial charge in [-0.1, -0.05) is 29.8 Å². The zero-order chi connectivity index (χ0) is 10.8. The van der Waals surface area contributed by atoms with Crippen molar-refractivity contribution >= 4 is 21.6 Å². The first kappa shape index (κ1) is 10.5. The molecular weight excluding hydrogens is 256 g/mol. The van der Waals surface area contributed by atoms with E-state index in [1.807, 2.05) is 10.6 Å². The van der Waals surface area contributed by atoms with E-state index in [1.54, 1.807) is 12.5 Å². The summed E-state index contributed by atoms with van der Waals surface area (Å²) in [6.07, 6.45) is 6.40. The van der Waals surface area contributed by atoms with Crippen LogP contribution in [-0.2, 0) is 0 Å². The first-order valence-electron chi connectivity index (χ1n) is 5.02. The third kappa shape index (κ3) is 1.88. The van der Waals surface area contributed by atoms with Gasteiger partial charge in [0, 0.05) is 23.1 Å². The Labute approximate surface area is 96.9 Å². The van der Waals surface area contributed by atoms with Gasteiger partial charge in [0.05, 0.1) is 5.69 Å². The van der Waals surface area contributed by atoms with Crippen LogP contribution in [0.4, 0.5) is 0 Å². The highest BCUT2D eigenvalue weighted by molar-refractivity contribution is 9.09. The van der Waals surface area contributed by atoms with Gasteiger partial charge in [-0.2, -0.15) is 0 Å². The number of halogens is 1. The smallest absolute Gasteiger partial charge is 0.182 e. The summed E-state index contributed by atoms with van der Waals surface area (Å²) in [6, 6.07) is 0. The van der Waals surface area contributed by atoms with Crippen LogP contribution in [0.3, 0.4) is 0 Å². The van der Waals surface area contributed by atoms with Crippen LogP contribution in [0, 0.1) is 0 Å². The number of rotatable bonds is 3. The van der Waals surface area contributed by atoms with E-state index in [1.165, 1.54) is 0 Å². The van der Waals surface area contributed by atoms with Crippen LogP contribution in [0.5, 0.6) is 0 Å². The van der Waals surface area contributed by atoms with Gasteiger partial charge >= 0.3 is 0 Å². The fourth-order valence-corrected chi connectivity index (χ4v) is 2.40. The second-order valence-corrected chi connectivity index (χ2v) is 5.01. The van der Waals surface area contributed by atoms with E-state index in [0.29, 0.717) is 10.7 Å². The number of alkyl halides is 1. The lowest BCUT2D eigenvalue weighted by atomic mass is 9.99. The molecule has 15 heavy (non-hydrogen) atoms. The summed E-state index contributed by atoms with van der Waals surface area (Å²) >= 11 is 3.61. The van der Waals surface area contributed by atoms with Crippen molar-refractivity contribution in [2.45, 2.75) is 31.0 Å². The Morgan fingerprint density at radius 3 is 3.00 bits per heavy atom.